The summed E-state index contributed by atoms with van der Waals surface area (Å²) >= 11 is 0. The molecule has 1 amide bonds. The van der Waals surface area contributed by atoms with Gasteiger partial charge < -0.3 is 10.0 Å². The SMILES string of the molecule is CCCC1(O)CN(C(=O)c2cc(-c3ccccc3)n[nH]2)C1. The van der Waals surface area contributed by atoms with Gasteiger partial charge in [-0.2, -0.15) is 5.10 Å². The van der Waals surface area contributed by atoms with E-state index in [0.29, 0.717) is 18.8 Å². The van der Waals surface area contributed by atoms with E-state index in [-0.39, 0.29) is 5.91 Å². The number of carbonyl (C=O) groups excluding carboxylic acids is 1. The van der Waals surface area contributed by atoms with Gasteiger partial charge in [0.1, 0.15) is 5.69 Å². The molecule has 5 heteroatoms. The van der Waals surface area contributed by atoms with Gasteiger partial charge in [0.25, 0.3) is 5.91 Å². The second kappa shape index (κ2) is 5.33. The number of nitrogens with zero attached hydrogens (tertiary/aromatic N) is 2. The van der Waals surface area contributed by atoms with Crippen LogP contribution in [0.2, 0.25) is 0 Å². The van der Waals surface area contributed by atoms with E-state index in [0.717, 1.165) is 24.1 Å². The zero-order chi connectivity index (χ0) is 14.9. The van der Waals surface area contributed by atoms with Crippen LogP contribution in [0.25, 0.3) is 11.3 Å². The van der Waals surface area contributed by atoms with Gasteiger partial charge in [0.15, 0.2) is 0 Å². The molecule has 0 spiro atoms. The molecule has 0 bridgehead atoms. The van der Waals surface area contributed by atoms with Crippen molar-refractivity contribution in [3.63, 3.8) is 0 Å². The molecule has 21 heavy (non-hydrogen) atoms. The Balaban J connectivity index is 1.69. The highest BCUT2D eigenvalue weighted by Gasteiger charge is 2.43. The van der Waals surface area contributed by atoms with Crippen LogP contribution >= 0.6 is 0 Å². The van der Waals surface area contributed by atoms with Gasteiger partial charge in [-0.25, -0.2) is 0 Å². The molecule has 0 atom stereocenters. The number of aliphatic hydroxyl groups is 1. The Bertz CT molecular complexity index is 630. The Morgan fingerprint density at radius 2 is 2.10 bits per heavy atom. The predicted octanol–water partition coefficient (Wildman–Crippen LogP) is 2.06. The average molecular weight is 285 g/mol. The number of rotatable bonds is 4. The summed E-state index contributed by atoms with van der Waals surface area (Å²) in [6, 6.07) is 11.5. The maximum atomic E-state index is 12.3. The Morgan fingerprint density at radius 1 is 1.38 bits per heavy atom. The fraction of sp³-hybridized carbons (Fsp3) is 0.375. The molecule has 2 N–H and O–H groups in total. The van der Waals surface area contributed by atoms with Gasteiger partial charge in [-0.3, -0.25) is 9.89 Å². The zero-order valence-electron chi connectivity index (χ0n) is 12.0. The third kappa shape index (κ3) is 2.69. The van der Waals surface area contributed by atoms with Gasteiger partial charge in [0, 0.05) is 5.56 Å². The van der Waals surface area contributed by atoms with Crippen molar-refractivity contribution in [2.24, 2.45) is 0 Å². The minimum Gasteiger partial charge on any atom is -0.386 e. The smallest absolute Gasteiger partial charge is 0.272 e. The van der Waals surface area contributed by atoms with Crippen LogP contribution in [0.4, 0.5) is 0 Å². The zero-order valence-corrected chi connectivity index (χ0v) is 12.0. The molecule has 3 rings (SSSR count). The van der Waals surface area contributed by atoms with Crippen LogP contribution in [0.5, 0.6) is 0 Å². The summed E-state index contributed by atoms with van der Waals surface area (Å²) < 4.78 is 0. The molecule has 1 aromatic heterocycles. The Labute approximate surface area is 123 Å². The third-order valence-electron chi connectivity index (χ3n) is 3.85. The number of nitrogens with one attached hydrogen (secondary N) is 1. The molecule has 0 saturated carbocycles. The first kappa shape index (κ1) is 13.8. The lowest BCUT2D eigenvalue weighted by Gasteiger charge is -2.46. The van der Waals surface area contributed by atoms with Crippen LogP contribution in [0.1, 0.15) is 30.3 Å². The van der Waals surface area contributed by atoms with Gasteiger partial charge in [-0.15, -0.1) is 0 Å². The maximum absolute atomic E-state index is 12.3. The summed E-state index contributed by atoms with van der Waals surface area (Å²) in [5.41, 5.74) is 1.49. The summed E-state index contributed by atoms with van der Waals surface area (Å²) in [5.74, 6) is -0.106. The van der Waals surface area contributed by atoms with E-state index in [1.807, 2.05) is 37.3 Å². The minimum absolute atomic E-state index is 0.106. The second-order valence-electron chi connectivity index (χ2n) is 5.67. The minimum atomic E-state index is -0.702. The largest absolute Gasteiger partial charge is 0.386 e. The first-order valence-corrected chi connectivity index (χ1v) is 7.24. The van der Waals surface area contributed by atoms with Crippen molar-refractivity contribution in [3.8, 4) is 11.3 Å². The molecule has 5 nitrogen and oxygen atoms in total. The molecule has 0 aliphatic carbocycles. The van der Waals surface area contributed by atoms with Crippen LogP contribution in [-0.2, 0) is 0 Å². The van der Waals surface area contributed by atoms with Gasteiger partial charge in [0.05, 0.1) is 24.4 Å². The van der Waals surface area contributed by atoms with Crippen molar-refractivity contribution in [2.75, 3.05) is 13.1 Å². The lowest BCUT2D eigenvalue weighted by atomic mass is 9.89. The van der Waals surface area contributed by atoms with Crippen LogP contribution in [0, 0.1) is 0 Å². The van der Waals surface area contributed by atoms with Crippen molar-refractivity contribution in [3.05, 3.63) is 42.1 Å². The standard InChI is InChI=1S/C16H19N3O2/c1-2-8-16(21)10-19(11-16)15(20)14-9-13(17-18-14)12-6-4-3-5-7-12/h3-7,9,21H,2,8,10-11H2,1H3,(H,17,18). The molecular formula is C16H19N3O2. The first-order chi connectivity index (χ1) is 10.1. The summed E-state index contributed by atoms with van der Waals surface area (Å²) in [6.07, 6.45) is 1.65. The van der Waals surface area contributed by atoms with Crippen LogP contribution in [0.15, 0.2) is 36.4 Å². The molecule has 0 unspecified atom stereocenters. The topological polar surface area (TPSA) is 69.2 Å². The van der Waals surface area contributed by atoms with Gasteiger partial charge >= 0.3 is 0 Å². The van der Waals surface area contributed by atoms with Crippen molar-refractivity contribution in [1.29, 1.82) is 0 Å². The fourth-order valence-electron chi connectivity index (χ4n) is 2.79. The molecule has 2 heterocycles. The highest BCUT2D eigenvalue weighted by atomic mass is 16.3. The number of likely N-dealkylation sites (tertiary alicyclic amines) is 1. The summed E-state index contributed by atoms with van der Waals surface area (Å²) in [6.45, 7) is 2.84. The number of aromatic nitrogens is 2. The van der Waals surface area contributed by atoms with E-state index in [1.54, 1.807) is 11.0 Å². The summed E-state index contributed by atoms with van der Waals surface area (Å²) in [4.78, 5) is 14.0. The number of benzene rings is 1. The van der Waals surface area contributed by atoms with Crippen LogP contribution in [-0.4, -0.2) is 44.8 Å². The number of amides is 1. The Hall–Kier alpha value is -2.14. The molecular weight excluding hydrogens is 266 g/mol. The van der Waals surface area contributed by atoms with E-state index in [2.05, 4.69) is 10.2 Å². The number of carbonyl (C=O) groups is 1. The highest BCUT2D eigenvalue weighted by molar-refractivity contribution is 5.94. The third-order valence-corrected chi connectivity index (χ3v) is 3.85. The Kier molecular flexibility index (Phi) is 3.51. The quantitative estimate of drug-likeness (QED) is 0.903. The van der Waals surface area contributed by atoms with Gasteiger partial charge in [-0.05, 0) is 12.5 Å². The van der Waals surface area contributed by atoms with Gasteiger partial charge in [0.2, 0.25) is 0 Å². The molecule has 2 aromatic rings. The van der Waals surface area contributed by atoms with Crippen molar-refractivity contribution < 1.29 is 9.90 Å². The number of β-amino-alcohol motifs (C(OH)–C–C–N with tert-alkyl or cyclic N) is 1. The van der Waals surface area contributed by atoms with Crippen molar-refractivity contribution >= 4 is 5.91 Å². The van der Waals surface area contributed by atoms with E-state index in [1.165, 1.54) is 0 Å². The van der Waals surface area contributed by atoms with E-state index < -0.39 is 5.60 Å². The van der Waals surface area contributed by atoms with E-state index >= 15 is 0 Å². The maximum Gasteiger partial charge on any atom is 0.272 e. The molecule has 1 aliphatic heterocycles. The summed E-state index contributed by atoms with van der Waals surface area (Å²) in [5, 5.41) is 17.1. The number of H-pyrrole nitrogens is 1. The summed E-state index contributed by atoms with van der Waals surface area (Å²) in [7, 11) is 0. The Morgan fingerprint density at radius 3 is 2.76 bits per heavy atom. The average Bonchev–Trinajstić information content (AvgIpc) is 2.95. The lowest BCUT2D eigenvalue weighted by Crippen LogP contribution is -2.63. The molecule has 1 aromatic carbocycles. The molecule has 0 radical (unpaired) electrons. The van der Waals surface area contributed by atoms with E-state index in [4.69, 9.17) is 0 Å². The number of aromatic amines is 1. The molecule has 1 saturated heterocycles. The monoisotopic (exact) mass is 285 g/mol. The predicted molar refractivity (Wildman–Crippen MR) is 79.8 cm³/mol. The molecule has 110 valence electrons. The lowest BCUT2D eigenvalue weighted by molar-refractivity contribution is -0.0861. The second-order valence-corrected chi connectivity index (χ2v) is 5.67. The first-order valence-electron chi connectivity index (χ1n) is 7.24. The van der Waals surface area contributed by atoms with Crippen molar-refractivity contribution in [2.45, 2.75) is 25.4 Å². The number of hydrogen-bond acceptors (Lipinski definition) is 3. The molecule has 1 aliphatic rings. The fourth-order valence-corrected chi connectivity index (χ4v) is 2.79. The van der Waals surface area contributed by atoms with Crippen LogP contribution in [0.3, 0.4) is 0 Å². The van der Waals surface area contributed by atoms with Gasteiger partial charge in [-0.1, -0.05) is 43.7 Å². The van der Waals surface area contributed by atoms with Crippen molar-refractivity contribution in [1.82, 2.24) is 15.1 Å². The normalized spacial score (nSPS) is 16.6. The van der Waals surface area contributed by atoms with Crippen LogP contribution < -0.4 is 0 Å². The highest BCUT2D eigenvalue weighted by Crippen LogP contribution is 2.27. The van der Waals surface area contributed by atoms with E-state index in [9.17, 15) is 9.90 Å². The molecule has 1 fully saturated rings. The number of hydrogen-bond donors (Lipinski definition) is 2.